The topological polar surface area (TPSA) is 109 Å². The van der Waals surface area contributed by atoms with Gasteiger partial charge in [-0.25, -0.2) is 0 Å². The summed E-state index contributed by atoms with van der Waals surface area (Å²) < 4.78 is 64.8. The van der Waals surface area contributed by atoms with Crippen molar-refractivity contribution in [3.05, 3.63) is 45.3 Å². The quantitative estimate of drug-likeness (QED) is 0.410. The lowest BCUT2D eigenvalue weighted by Crippen LogP contribution is -1.99. The zero-order valence-corrected chi connectivity index (χ0v) is 16.4. The second-order valence-electron chi connectivity index (χ2n) is 4.99. The molecule has 0 heterocycles. The average molecular weight is 496 g/mol. The molecule has 0 fully saturated rings. The van der Waals surface area contributed by atoms with Crippen molar-refractivity contribution >= 4 is 73.6 Å². The van der Waals surface area contributed by atoms with Crippen molar-refractivity contribution in [1.29, 1.82) is 0 Å². The Labute approximate surface area is 154 Å². The Balaban J connectivity index is 2.48. The summed E-state index contributed by atoms with van der Waals surface area (Å²) in [5, 5.41) is 2.25. The smallest absolute Gasteiger partial charge is 0.282 e. The van der Waals surface area contributed by atoms with Crippen molar-refractivity contribution in [2.75, 3.05) is 0 Å². The van der Waals surface area contributed by atoms with Gasteiger partial charge in [0.15, 0.2) is 0 Å². The van der Waals surface area contributed by atoms with Crippen molar-refractivity contribution in [3.63, 3.8) is 0 Å². The number of fused-ring (bicyclic) bond motifs is 2. The van der Waals surface area contributed by atoms with E-state index in [2.05, 4.69) is 31.9 Å². The van der Waals surface area contributed by atoms with Crippen LogP contribution in [-0.2, 0) is 20.2 Å². The summed E-state index contributed by atoms with van der Waals surface area (Å²) >= 11 is 6.77. The van der Waals surface area contributed by atoms with Crippen LogP contribution >= 0.6 is 31.9 Å². The molecule has 0 spiro atoms. The SMILES string of the molecule is O=S(=O)(O)c1ccc2c(Br)c3cc(S(=O)(=O)O)ccc3c(Br)c2c1. The Hall–Kier alpha value is -1.04. The zero-order valence-electron chi connectivity index (χ0n) is 11.6. The molecule has 0 aliphatic rings. The molecule has 3 aromatic rings. The molecule has 24 heavy (non-hydrogen) atoms. The number of hydrogen-bond acceptors (Lipinski definition) is 4. The summed E-state index contributed by atoms with van der Waals surface area (Å²) in [6.07, 6.45) is 0. The van der Waals surface area contributed by atoms with Crippen molar-refractivity contribution < 1.29 is 25.9 Å². The highest BCUT2D eigenvalue weighted by atomic mass is 79.9. The molecule has 126 valence electrons. The molecule has 0 amide bonds. The maximum atomic E-state index is 11.3. The van der Waals surface area contributed by atoms with E-state index in [1.54, 1.807) is 0 Å². The lowest BCUT2D eigenvalue weighted by Gasteiger charge is -2.11. The molecular formula is C14H8Br2O6S2. The fourth-order valence-electron chi connectivity index (χ4n) is 2.40. The summed E-state index contributed by atoms with van der Waals surface area (Å²) in [5.74, 6) is 0. The molecule has 0 aliphatic carbocycles. The standard InChI is InChI=1S/C14H8Br2O6S2/c15-13-9-3-1-7(23(17,18)19)5-11(9)14(16)10-4-2-8(6-12(10)13)24(20,21)22/h1-6H,(H,17,18,19)(H,20,21,22). The summed E-state index contributed by atoms with van der Waals surface area (Å²) in [6, 6.07) is 8.10. The fraction of sp³-hybridized carbons (Fsp3) is 0. The largest absolute Gasteiger partial charge is 0.294 e. The highest BCUT2D eigenvalue weighted by Gasteiger charge is 2.18. The molecule has 0 aromatic heterocycles. The van der Waals surface area contributed by atoms with Crippen molar-refractivity contribution in [2.45, 2.75) is 9.79 Å². The van der Waals surface area contributed by atoms with E-state index in [0.717, 1.165) is 0 Å². The van der Waals surface area contributed by atoms with Gasteiger partial charge in [-0.3, -0.25) is 9.11 Å². The first kappa shape index (κ1) is 17.8. The molecule has 3 rings (SSSR count). The number of halogens is 2. The van der Waals surface area contributed by atoms with Gasteiger partial charge in [0.1, 0.15) is 0 Å². The van der Waals surface area contributed by atoms with Crippen LogP contribution in [0.2, 0.25) is 0 Å². The third-order valence-corrected chi connectivity index (χ3v) is 6.93. The maximum absolute atomic E-state index is 11.3. The van der Waals surface area contributed by atoms with Crippen molar-refractivity contribution in [2.24, 2.45) is 0 Å². The first-order valence-corrected chi connectivity index (χ1v) is 10.8. The predicted molar refractivity (Wildman–Crippen MR) is 96.5 cm³/mol. The molecule has 0 aliphatic heterocycles. The highest BCUT2D eigenvalue weighted by Crippen LogP contribution is 2.40. The summed E-state index contributed by atoms with van der Waals surface area (Å²) in [5.41, 5.74) is 0. The zero-order chi connectivity index (χ0) is 17.9. The Morgan fingerprint density at radius 3 is 1.25 bits per heavy atom. The monoisotopic (exact) mass is 494 g/mol. The van der Waals surface area contributed by atoms with Gasteiger partial charge < -0.3 is 0 Å². The van der Waals surface area contributed by atoms with E-state index in [-0.39, 0.29) is 9.79 Å². The minimum Gasteiger partial charge on any atom is -0.282 e. The third kappa shape index (κ3) is 2.98. The lowest BCUT2D eigenvalue weighted by atomic mass is 10.0. The van der Waals surface area contributed by atoms with Crippen LogP contribution in [0.4, 0.5) is 0 Å². The van der Waals surface area contributed by atoms with E-state index in [1.165, 1.54) is 36.4 Å². The Morgan fingerprint density at radius 2 is 0.958 bits per heavy atom. The van der Waals surface area contributed by atoms with Gasteiger partial charge in [-0.15, -0.1) is 0 Å². The van der Waals surface area contributed by atoms with Gasteiger partial charge in [0.25, 0.3) is 20.2 Å². The van der Waals surface area contributed by atoms with Crippen molar-refractivity contribution in [3.8, 4) is 0 Å². The van der Waals surface area contributed by atoms with Crippen LogP contribution in [0.1, 0.15) is 0 Å². The van der Waals surface area contributed by atoms with E-state index in [0.29, 0.717) is 30.5 Å². The molecule has 0 saturated carbocycles. The average Bonchev–Trinajstić information content (AvgIpc) is 2.49. The second kappa shape index (κ2) is 5.75. The number of hydrogen-bond donors (Lipinski definition) is 2. The van der Waals surface area contributed by atoms with Crippen molar-refractivity contribution in [1.82, 2.24) is 0 Å². The van der Waals surface area contributed by atoms with Gasteiger partial charge in [-0.2, -0.15) is 16.8 Å². The molecule has 0 bridgehead atoms. The molecule has 0 radical (unpaired) electrons. The molecule has 3 aromatic carbocycles. The highest BCUT2D eigenvalue weighted by molar-refractivity contribution is 9.11. The van der Waals surface area contributed by atoms with Crippen LogP contribution in [-0.4, -0.2) is 25.9 Å². The third-order valence-electron chi connectivity index (χ3n) is 3.52. The van der Waals surface area contributed by atoms with E-state index >= 15 is 0 Å². The molecular weight excluding hydrogens is 488 g/mol. The lowest BCUT2D eigenvalue weighted by molar-refractivity contribution is 0.481. The van der Waals surface area contributed by atoms with Crippen LogP contribution in [0.3, 0.4) is 0 Å². The first-order valence-electron chi connectivity index (χ1n) is 6.29. The van der Waals surface area contributed by atoms with E-state index in [4.69, 9.17) is 0 Å². The summed E-state index contributed by atoms with van der Waals surface area (Å²) in [7, 11) is -8.70. The van der Waals surface area contributed by atoms with Gasteiger partial charge in [-0.1, -0.05) is 12.1 Å². The second-order valence-corrected chi connectivity index (χ2v) is 9.42. The molecule has 0 atom stereocenters. The van der Waals surface area contributed by atoms with Crippen LogP contribution in [0, 0.1) is 0 Å². The predicted octanol–water partition coefficient (Wildman–Crippen LogP) is 4.01. The van der Waals surface area contributed by atoms with Crippen LogP contribution < -0.4 is 0 Å². The summed E-state index contributed by atoms with van der Waals surface area (Å²) in [4.78, 5) is -0.506. The minimum atomic E-state index is -4.35. The van der Waals surface area contributed by atoms with Gasteiger partial charge in [0.05, 0.1) is 9.79 Å². The maximum Gasteiger partial charge on any atom is 0.294 e. The fourth-order valence-corrected chi connectivity index (χ4v) is 4.76. The Bertz CT molecular complexity index is 1120. The molecule has 0 unspecified atom stereocenters. The van der Waals surface area contributed by atoms with Crippen LogP contribution in [0.15, 0.2) is 55.1 Å². The van der Waals surface area contributed by atoms with Crippen LogP contribution in [0.5, 0.6) is 0 Å². The molecule has 10 heteroatoms. The van der Waals surface area contributed by atoms with Crippen LogP contribution in [0.25, 0.3) is 21.5 Å². The van der Waals surface area contributed by atoms with E-state index < -0.39 is 20.2 Å². The first-order chi connectivity index (χ1) is 11.0. The molecule has 6 nitrogen and oxygen atoms in total. The molecule has 0 saturated heterocycles. The van der Waals surface area contributed by atoms with Gasteiger partial charge in [-0.05, 0) is 77.7 Å². The Kier molecular flexibility index (Phi) is 4.26. The summed E-state index contributed by atoms with van der Waals surface area (Å²) in [6.45, 7) is 0. The normalized spacial score (nSPS) is 12.8. The van der Waals surface area contributed by atoms with E-state index in [9.17, 15) is 25.9 Å². The number of benzene rings is 3. The Morgan fingerprint density at radius 1 is 0.625 bits per heavy atom. The number of rotatable bonds is 2. The molecule has 2 N–H and O–H groups in total. The van der Waals surface area contributed by atoms with Gasteiger partial charge in [0, 0.05) is 8.95 Å². The van der Waals surface area contributed by atoms with Gasteiger partial charge >= 0.3 is 0 Å². The minimum absolute atomic E-state index is 0.253. The van der Waals surface area contributed by atoms with E-state index in [1.807, 2.05) is 0 Å². The van der Waals surface area contributed by atoms with Gasteiger partial charge in [0.2, 0.25) is 0 Å².